The van der Waals surface area contributed by atoms with E-state index >= 15 is 0 Å². The van der Waals surface area contributed by atoms with Crippen LogP contribution < -0.4 is 0 Å². The number of carbonyl (C=O) groups excluding carboxylic acids is 2. The molecule has 16 heavy (non-hydrogen) atoms. The van der Waals surface area contributed by atoms with E-state index in [-0.39, 0.29) is 17.1 Å². The number of hydrogen-bond donors (Lipinski definition) is 0. The van der Waals surface area contributed by atoms with E-state index in [1.165, 1.54) is 4.90 Å². The summed E-state index contributed by atoms with van der Waals surface area (Å²) in [5.41, 5.74) is 0. The minimum atomic E-state index is -0.128. The third-order valence-electron chi connectivity index (χ3n) is 3.37. The average Bonchev–Trinajstić information content (AvgIpc) is 2.46. The molecule has 0 aromatic carbocycles. The van der Waals surface area contributed by atoms with Gasteiger partial charge in [-0.3, -0.25) is 14.5 Å². The Balaban J connectivity index is 2.29. The number of imide groups is 1. The summed E-state index contributed by atoms with van der Waals surface area (Å²) >= 11 is 1.63. The van der Waals surface area contributed by atoms with Crippen LogP contribution in [0.5, 0.6) is 0 Å². The average molecular weight is 243 g/mol. The van der Waals surface area contributed by atoms with E-state index in [4.69, 9.17) is 0 Å². The molecule has 0 radical (unpaired) electrons. The zero-order valence-electron chi connectivity index (χ0n) is 10.5. The van der Waals surface area contributed by atoms with Crippen molar-refractivity contribution in [2.75, 3.05) is 12.8 Å². The predicted molar refractivity (Wildman–Crippen MR) is 67.3 cm³/mol. The summed E-state index contributed by atoms with van der Waals surface area (Å²) in [4.78, 5) is 24.2. The van der Waals surface area contributed by atoms with Crippen LogP contribution in [0.15, 0.2) is 0 Å². The van der Waals surface area contributed by atoms with Gasteiger partial charge in [0.1, 0.15) is 0 Å². The number of likely N-dealkylation sites (tertiary alicyclic amines) is 1. The van der Waals surface area contributed by atoms with Gasteiger partial charge in [-0.1, -0.05) is 20.8 Å². The molecule has 0 spiro atoms. The van der Waals surface area contributed by atoms with Crippen molar-refractivity contribution in [1.29, 1.82) is 0 Å². The monoisotopic (exact) mass is 243 g/mol. The molecular weight excluding hydrogens is 222 g/mol. The van der Waals surface area contributed by atoms with Crippen LogP contribution in [0.1, 0.15) is 33.6 Å². The molecule has 1 saturated heterocycles. The number of carbonyl (C=O) groups is 2. The molecule has 92 valence electrons. The molecule has 0 aromatic heterocycles. The van der Waals surface area contributed by atoms with Gasteiger partial charge in [0, 0.05) is 13.5 Å². The Labute approximate surface area is 102 Å². The molecule has 2 atom stereocenters. The molecule has 1 fully saturated rings. The summed E-state index contributed by atoms with van der Waals surface area (Å²) in [6.45, 7) is 6.67. The zero-order chi connectivity index (χ0) is 12.3. The van der Waals surface area contributed by atoms with Gasteiger partial charge in [-0.15, -0.1) is 11.8 Å². The topological polar surface area (TPSA) is 37.4 Å². The summed E-state index contributed by atoms with van der Waals surface area (Å²) in [5, 5.41) is -0.128. The van der Waals surface area contributed by atoms with Crippen molar-refractivity contribution in [3.63, 3.8) is 0 Å². The highest BCUT2D eigenvalue weighted by Gasteiger charge is 2.35. The summed E-state index contributed by atoms with van der Waals surface area (Å²) in [6.07, 6.45) is 1.50. The molecule has 4 heteroatoms. The van der Waals surface area contributed by atoms with E-state index in [0.717, 1.165) is 12.2 Å². The molecule has 1 aliphatic heterocycles. The van der Waals surface area contributed by atoms with Crippen LogP contribution in [-0.2, 0) is 9.59 Å². The second-order valence-corrected chi connectivity index (χ2v) is 6.18. The molecule has 1 heterocycles. The summed E-state index contributed by atoms with van der Waals surface area (Å²) in [6, 6.07) is 0. The number of rotatable bonds is 5. The lowest BCUT2D eigenvalue weighted by molar-refractivity contribution is -0.136. The third-order valence-corrected chi connectivity index (χ3v) is 4.61. The van der Waals surface area contributed by atoms with Crippen molar-refractivity contribution in [1.82, 2.24) is 4.90 Å². The lowest BCUT2D eigenvalue weighted by Crippen LogP contribution is -2.26. The SMILES string of the molecule is CC(C)C(C)CCSC1CC(=O)N(C)C1=O. The van der Waals surface area contributed by atoms with Gasteiger partial charge in [-0.2, -0.15) is 0 Å². The molecule has 1 rings (SSSR count). The quantitative estimate of drug-likeness (QED) is 0.694. The normalized spacial score (nSPS) is 23.3. The zero-order valence-corrected chi connectivity index (χ0v) is 11.3. The Morgan fingerprint density at radius 3 is 2.44 bits per heavy atom. The van der Waals surface area contributed by atoms with Crippen LogP contribution >= 0.6 is 11.8 Å². The fraction of sp³-hybridized carbons (Fsp3) is 0.833. The highest BCUT2D eigenvalue weighted by atomic mass is 32.2. The maximum Gasteiger partial charge on any atom is 0.242 e. The predicted octanol–water partition coefficient (Wildman–Crippen LogP) is 2.16. The number of thioether (sulfide) groups is 1. The molecule has 2 unspecified atom stereocenters. The molecule has 0 aliphatic carbocycles. The Kier molecular flexibility index (Phi) is 4.84. The molecule has 0 aromatic rings. The van der Waals surface area contributed by atoms with Gasteiger partial charge in [0.05, 0.1) is 5.25 Å². The highest BCUT2D eigenvalue weighted by Crippen LogP contribution is 2.26. The first-order chi connectivity index (χ1) is 7.43. The standard InChI is InChI=1S/C12H21NO2S/c1-8(2)9(3)5-6-16-10-7-11(14)13(4)12(10)15/h8-10H,5-7H2,1-4H3. The number of amides is 2. The van der Waals surface area contributed by atoms with Crippen LogP contribution in [-0.4, -0.2) is 34.8 Å². The van der Waals surface area contributed by atoms with E-state index < -0.39 is 0 Å². The second kappa shape index (κ2) is 5.71. The van der Waals surface area contributed by atoms with E-state index in [2.05, 4.69) is 20.8 Å². The maximum atomic E-state index is 11.6. The van der Waals surface area contributed by atoms with Gasteiger partial charge in [-0.25, -0.2) is 0 Å². The number of nitrogens with zero attached hydrogens (tertiary/aromatic N) is 1. The largest absolute Gasteiger partial charge is 0.285 e. The van der Waals surface area contributed by atoms with E-state index in [1.54, 1.807) is 18.8 Å². The van der Waals surface area contributed by atoms with Gasteiger partial charge in [0.25, 0.3) is 0 Å². The first-order valence-corrected chi connectivity index (χ1v) is 6.90. The molecule has 0 saturated carbocycles. The smallest absolute Gasteiger partial charge is 0.242 e. The summed E-state index contributed by atoms with van der Waals surface area (Å²) < 4.78 is 0. The first kappa shape index (κ1) is 13.6. The Hall–Kier alpha value is -0.510. The number of hydrogen-bond acceptors (Lipinski definition) is 3. The lowest BCUT2D eigenvalue weighted by atomic mass is 9.96. The van der Waals surface area contributed by atoms with Crippen molar-refractivity contribution in [3.8, 4) is 0 Å². The van der Waals surface area contributed by atoms with Crippen LogP contribution in [0.25, 0.3) is 0 Å². The van der Waals surface area contributed by atoms with Gasteiger partial charge in [0.15, 0.2) is 0 Å². The minimum Gasteiger partial charge on any atom is -0.285 e. The van der Waals surface area contributed by atoms with Gasteiger partial charge in [-0.05, 0) is 24.0 Å². The van der Waals surface area contributed by atoms with E-state index in [9.17, 15) is 9.59 Å². The van der Waals surface area contributed by atoms with Crippen molar-refractivity contribution in [2.45, 2.75) is 38.9 Å². The minimum absolute atomic E-state index is 0.0211. The molecular formula is C12H21NO2S. The molecule has 2 amide bonds. The van der Waals surface area contributed by atoms with Crippen LogP contribution in [0, 0.1) is 11.8 Å². The lowest BCUT2D eigenvalue weighted by Gasteiger charge is -2.15. The van der Waals surface area contributed by atoms with Gasteiger partial charge < -0.3 is 0 Å². The fourth-order valence-corrected chi connectivity index (χ4v) is 2.93. The van der Waals surface area contributed by atoms with Crippen LogP contribution in [0.3, 0.4) is 0 Å². The van der Waals surface area contributed by atoms with Crippen LogP contribution in [0.2, 0.25) is 0 Å². The van der Waals surface area contributed by atoms with Crippen molar-refractivity contribution >= 4 is 23.6 Å². The Morgan fingerprint density at radius 2 is 2.00 bits per heavy atom. The summed E-state index contributed by atoms with van der Waals surface area (Å²) in [7, 11) is 1.57. The van der Waals surface area contributed by atoms with Gasteiger partial charge in [0.2, 0.25) is 11.8 Å². The first-order valence-electron chi connectivity index (χ1n) is 5.85. The Bertz CT molecular complexity index is 278. The van der Waals surface area contributed by atoms with Crippen molar-refractivity contribution in [3.05, 3.63) is 0 Å². The molecule has 1 aliphatic rings. The van der Waals surface area contributed by atoms with Gasteiger partial charge >= 0.3 is 0 Å². The van der Waals surface area contributed by atoms with E-state index in [0.29, 0.717) is 18.3 Å². The fourth-order valence-electron chi connectivity index (χ4n) is 1.58. The second-order valence-electron chi connectivity index (χ2n) is 4.86. The molecule has 0 N–H and O–H groups in total. The third kappa shape index (κ3) is 3.24. The summed E-state index contributed by atoms with van der Waals surface area (Å²) in [5.74, 6) is 2.27. The van der Waals surface area contributed by atoms with E-state index in [1.807, 2.05) is 0 Å². The van der Waals surface area contributed by atoms with Crippen LogP contribution in [0.4, 0.5) is 0 Å². The maximum absolute atomic E-state index is 11.6. The molecule has 3 nitrogen and oxygen atoms in total. The van der Waals surface area contributed by atoms with Crippen molar-refractivity contribution in [2.24, 2.45) is 11.8 Å². The Morgan fingerprint density at radius 1 is 1.38 bits per heavy atom. The van der Waals surface area contributed by atoms with Crippen molar-refractivity contribution < 1.29 is 9.59 Å². The highest BCUT2D eigenvalue weighted by molar-refractivity contribution is 8.00. The molecule has 0 bridgehead atoms.